The first-order valence-corrected chi connectivity index (χ1v) is 9.69. The Balaban J connectivity index is 4.54. The summed E-state index contributed by atoms with van der Waals surface area (Å²) in [6.45, 7) is 11.9. The van der Waals surface area contributed by atoms with Gasteiger partial charge in [-0.05, 0) is 20.8 Å². The molecule has 0 rings (SSSR count). The van der Waals surface area contributed by atoms with Gasteiger partial charge in [0, 0.05) is 17.0 Å². The zero-order valence-corrected chi connectivity index (χ0v) is 16.4. The SMILES string of the molecule is CC(C)(C)OC(O)N(CCSSC(C)(C)C)CC(=O)OCC#N. The highest BCUT2D eigenvalue weighted by Crippen LogP contribution is 2.34. The number of esters is 1. The molecule has 0 aromatic rings. The lowest BCUT2D eigenvalue weighted by molar-refractivity contribution is -0.238. The number of nitrogens with zero attached hydrogens (tertiary/aromatic N) is 2. The lowest BCUT2D eigenvalue weighted by Gasteiger charge is -2.31. The maximum absolute atomic E-state index is 11.7. The van der Waals surface area contributed by atoms with Gasteiger partial charge >= 0.3 is 5.97 Å². The number of carbonyl (C=O) groups is 1. The molecule has 134 valence electrons. The van der Waals surface area contributed by atoms with Crippen LogP contribution in [0.5, 0.6) is 0 Å². The van der Waals surface area contributed by atoms with E-state index in [2.05, 4.69) is 20.8 Å². The first-order chi connectivity index (χ1) is 10.4. The fourth-order valence-electron chi connectivity index (χ4n) is 1.36. The Bertz CT molecular complexity index is 400. The third-order valence-corrected chi connectivity index (χ3v) is 5.49. The van der Waals surface area contributed by atoms with E-state index in [1.54, 1.807) is 27.7 Å². The first-order valence-electron chi connectivity index (χ1n) is 7.38. The van der Waals surface area contributed by atoms with E-state index in [1.807, 2.05) is 20.8 Å². The summed E-state index contributed by atoms with van der Waals surface area (Å²) >= 11 is 0. The highest BCUT2D eigenvalue weighted by Gasteiger charge is 2.25. The molecule has 8 heteroatoms. The van der Waals surface area contributed by atoms with Crippen molar-refractivity contribution in [2.24, 2.45) is 0 Å². The molecule has 0 radical (unpaired) electrons. The van der Waals surface area contributed by atoms with E-state index < -0.39 is 18.0 Å². The molecule has 0 aliphatic carbocycles. The fraction of sp³-hybridized carbons (Fsp3) is 0.867. The van der Waals surface area contributed by atoms with Gasteiger partial charge < -0.3 is 14.6 Å². The maximum atomic E-state index is 11.7. The van der Waals surface area contributed by atoms with Crippen LogP contribution in [0.1, 0.15) is 41.5 Å². The molecule has 1 N–H and O–H groups in total. The Hall–Kier alpha value is -0.460. The molecule has 0 saturated carbocycles. The Kier molecular flexibility index (Phi) is 10.2. The van der Waals surface area contributed by atoms with Crippen LogP contribution in [0.2, 0.25) is 0 Å². The summed E-state index contributed by atoms with van der Waals surface area (Å²) in [5.41, 5.74) is -0.540. The molecule has 0 aliphatic heterocycles. The first kappa shape index (κ1) is 22.5. The average Bonchev–Trinajstić information content (AvgIpc) is 2.36. The molecular formula is C15H28N2O4S2. The molecule has 0 amide bonds. The second kappa shape index (κ2) is 10.4. The summed E-state index contributed by atoms with van der Waals surface area (Å²) in [5.74, 6) is 0.162. The average molecular weight is 365 g/mol. The standard InChI is InChI=1S/C15H28N2O4S2/c1-14(2,3)21-13(19)17(11-12(18)20-9-7-16)8-10-22-23-15(4,5)6/h13,19H,8-11H2,1-6H3. The zero-order valence-electron chi connectivity index (χ0n) is 14.8. The minimum Gasteiger partial charge on any atom is -0.449 e. The molecule has 1 atom stereocenters. The monoisotopic (exact) mass is 364 g/mol. The lowest BCUT2D eigenvalue weighted by Crippen LogP contribution is -2.45. The van der Waals surface area contributed by atoms with E-state index in [0.717, 1.165) is 5.75 Å². The second-order valence-corrected chi connectivity index (χ2v) is 10.1. The molecule has 0 heterocycles. The smallest absolute Gasteiger partial charge is 0.321 e. The van der Waals surface area contributed by atoms with Gasteiger partial charge in [0.05, 0.1) is 5.60 Å². The number of hydrogen-bond donors (Lipinski definition) is 1. The molecule has 0 aromatic heterocycles. The van der Waals surface area contributed by atoms with Gasteiger partial charge in [0.2, 0.25) is 6.41 Å². The van der Waals surface area contributed by atoms with Gasteiger partial charge in [-0.25, -0.2) is 4.90 Å². The van der Waals surface area contributed by atoms with Crippen molar-refractivity contribution in [1.29, 1.82) is 5.26 Å². The minimum absolute atomic E-state index is 0.125. The van der Waals surface area contributed by atoms with Gasteiger partial charge in [0.15, 0.2) is 6.61 Å². The lowest BCUT2D eigenvalue weighted by atomic mass is 10.2. The summed E-state index contributed by atoms with van der Waals surface area (Å²) in [7, 11) is 3.41. The molecule has 0 spiro atoms. The molecule has 0 aromatic carbocycles. The van der Waals surface area contributed by atoms with Crippen molar-refractivity contribution in [3.63, 3.8) is 0 Å². The van der Waals surface area contributed by atoms with Crippen LogP contribution in [0.25, 0.3) is 0 Å². The highest BCUT2D eigenvalue weighted by molar-refractivity contribution is 8.77. The van der Waals surface area contributed by atoms with Crippen molar-refractivity contribution in [3.05, 3.63) is 0 Å². The Morgan fingerprint density at radius 3 is 2.39 bits per heavy atom. The molecule has 0 saturated heterocycles. The van der Waals surface area contributed by atoms with Crippen molar-refractivity contribution >= 4 is 27.6 Å². The van der Waals surface area contributed by atoms with Crippen LogP contribution < -0.4 is 0 Å². The predicted octanol–water partition coefficient (Wildman–Crippen LogP) is 2.63. The van der Waals surface area contributed by atoms with Crippen molar-refractivity contribution in [1.82, 2.24) is 4.90 Å². The van der Waals surface area contributed by atoms with Crippen LogP contribution in [0.15, 0.2) is 0 Å². The topological polar surface area (TPSA) is 82.8 Å². The molecule has 1 unspecified atom stereocenters. The van der Waals surface area contributed by atoms with E-state index in [1.165, 1.54) is 4.90 Å². The van der Waals surface area contributed by atoms with E-state index >= 15 is 0 Å². The minimum atomic E-state index is -1.20. The van der Waals surface area contributed by atoms with E-state index in [9.17, 15) is 9.90 Å². The van der Waals surface area contributed by atoms with Gasteiger partial charge in [0.25, 0.3) is 0 Å². The summed E-state index contributed by atoms with van der Waals surface area (Å²) in [4.78, 5) is 13.2. The number of hydrogen-bond acceptors (Lipinski definition) is 8. The molecule has 0 fully saturated rings. The normalized spacial score (nSPS) is 13.7. The highest BCUT2D eigenvalue weighted by atomic mass is 33.1. The zero-order chi connectivity index (χ0) is 18.1. The number of ether oxygens (including phenoxy) is 2. The number of aliphatic hydroxyl groups is 1. The third-order valence-electron chi connectivity index (χ3n) is 2.17. The quantitative estimate of drug-likeness (QED) is 0.289. The van der Waals surface area contributed by atoms with Gasteiger partial charge in [0.1, 0.15) is 12.6 Å². The van der Waals surface area contributed by atoms with Crippen LogP contribution in [-0.2, 0) is 14.3 Å². The number of carbonyl (C=O) groups excluding carboxylic acids is 1. The van der Waals surface area contributed by atoms with Gasteiger partial charge in [-0.2, -0.15) is 5.26 Å². The van der Waals surface area contributed by atoms with Crippen molar-refractivity contribution in [2.75, 3.05) is 25.4 Å². The molecule has 6 nitrogen and oxygen atoms in total. The molecule has 0 bridgehead atoms. The van der Waals surface area contributed by atoms with Crippen LogP contribution in [-0.4, -0.2) is 58.2 Å². The summed E-state index contributed by atoms with van der Waals surface area (Å²) in [5, 5.41) is 18.6. The van der Waals surface area contributed by atoms with E-state index in [0.29, 0.717) is 6.54 Å². The Morgan fingerprint density at radius 2 is 1.91 bits per heavy atom. The molecule has 23 heavy (non-hydrogen) atoms. The van der Waals surface area contributed by atoms with Crippen LogP contribution in [0, 0.1) is 11.3 Å². The van der Waals surface area contributed by atoms with E-state index in [4.69, 9.17) is 14.7 Å². The molecule has 0 aliphatic rings. The van der Waals surface area contributed by atoms with Gasteiger partial charge in [-0.3, -0.25) is 4.79 Å². The van der Waals surface area contributed by atoms with Crippen LogP contribution >= 0.6 is 21.6 Å². The number of aliphatic hydroxyl groups excluding tert-OH is 1. The van der Waals surface area contributed by atoms with Crippen LogP contribution in [0.4, 0.5) is 0 Å². The van der Waals surface area contributed by atoms with Gasteiger partial charge in [-0.15, -0.1) is 0 Å². The summed E-state index contributed by atoms with van der Waals surface area (Å²) in [6.07, 6.45) is -1.20. The van der Waals surface area contributed by atoms with Crippen LogP contribution in [0.3, 0.4) is 0 Å². The summed E-state index contributed by atoms with van der Waals surface area (Å²) < 4.78 is 10.4. The fourth-order valence-corrected chi connectivity index (χ4v) is 3.64. The predicted molar refractivity (Wildman–Crippen MR) is 94.8 cm³/mol. The molecular weight excluding hydrogens is 336 g/mol. The van der Waals surface area contributed by atoms with Crippen molar-refractivity contribution < 1.29 is 19.4 Å². The van der Waals surface area contributed by atoms with Crippen molar-refractivity contribution in [2.45, 2.75) is 58.3 Å². The number of nitriles is 1. The van der Waals surface area contributed by atoms with Gasteiger partial charge in [-0.1, -0.05) is 42.4 Å². The Morgan fingerprint density at radius 1 is 1.30 bits per heavy atom. The second-order valence-electron chi connectivity index (χ2n) is 6.86. The van der Waals surface area contributed by atoms with Crippen molar-refractivity contribution in [3.8, 4) is 6.07 Å². The maximum Gasteiger partial charge on any atom is 0.321 e. The summed E-state index contributed by atoms with van der Waals surface area (Å²) in [6, 6.07) is 1.75. The van der Waals surface area contributed by atoms with E-state index in [-0.39, 0.29) is 17.9 Å². The Labute approximate surface area is 147 Å². The third kappa shape index (κ3) is 13.7. The number of rotatable bonds is 9. The largest absolute Gasteiger partial charge is 0.449 e.